The van der Waals surface area contributed by atoms with Gasteiger partial charge in [-0.25, -0.2) is 0 Å². The monoisotopic (exact) mass is 292 g/mol. The van der Waals surface area contributed by atoms with E-state index in [-0.39, 0.29) is 5.71 Å². The van der Waals surface area contributed by atoms with E-state index in [9.17, 15) is 15.8 Å². The highest BCUT2D eigenvalue weighted by atomic mass is 32.1. The van der Waals surface area contributed by atoms with Crippen LogP contribution in [-0.4, -0.2) is 5.71 Å². The van der Waals surface area contributed by atoms with Crippen LogP contribution in [0.5, 0.6) is 0 Å². The molecule has 5 heteroatoms. The smallest absolute Gasteiger partial charge is 0.193 e. The number of hydrogen-bond acceptors (Lipinski definition) is 5. The number of thiophene rings is 1. The van der Waals surface area contributed by atoms with Crippen molar-refractivity contribution in [3.63, 3.8) is 0 Å². The summed E-state index contributed by atoms with van der Waals surface area (Å²) in [6.45, 7) is 0. The van der Waals surface area contributed by atoms with Gasteiger partial charge in [0.2, 0.25) is 0 Å². The summed E-state index contributed by atoms with van der Waals surface area (Å²) in [6, 6.07) is 9.94. The minimum atomic E-state index is -1.57. The number of hydrogen-bond donors (Lipinski definition) is 1. The van der Waals surface area contributed by atoms with Crippen LogP contribution in [0.15, 0.2) is 29.2 Å². The molecule has 21 heavy (non-hydrogen) atoms. The van der Waals surface area contributed by atoms with Crippen molar-refractivity contribution in [3.05, 3.63) is 34.0 Å². The second-order valence-electron chi connectivity index (χ2n) is 5.44. The Labute approximate surface area is 127 Å². The second-order valence-corrected chi connectivity index (χ2v) is 6.42. The summed E-state index contributed by atoms with van der Waals surface area (Å²) in [4.78, 5) is 0.900. The van der Waals surface area contributed by atoms with Gasteiger partial charge in [-0.1, -0.05) is 12.1 Å². The molecule has 0 aliphatic heterocycles. The van der Waals surface area contributed by atoms with Crippen molar-refractivity contribution in [2.75, 3.05) is 0 Å². The highest BCUT2D eigenvalue weighted by Gasteiger charge is 2.53. The van der Waals surface area contributed by atoms with E-state index in [1.54, 1.807) is 0 Å². The van der Waals surface area contributed by atoms with Crippen molar-refractivity contribution in [3.8, 4) is 18.2 Å². The zero-order valence-corrected chi connectivity index (χ0v) is 12.0. The van der Waals surface area contributed by atoms with Gasteiger partial charge in [-0.05, 0) is 35.8 Å². The maximum atomic E-state index is 9.59. The Kier molecular flexibility index (Phi) is 3.13. The molecule has 0 bridgehead atoms. The Morgan fingerprint density at radius 1 is 1.24 bits per heavy atom. The van der Waals surface area contributed by atoms with Crippen LogP contribution < -0.4 is 0 Å². The van der Waals surface area contributed by atoms with E-state index in [1.165, 1.54) is 11.3 Å². The van der Waals surface area contributed by atoms with Crippen LogP contribution >= 0.6 is 11.3 Å². The van der Waals surface area contributed by atoms with Crippen molar-refractivity contribution < 1.29 is 0 Å². The maximum Gasteiger partial charge on any atom is 0.193 e. The fraction of sp³-hybridized carbons (Fsp3) is 0.375. The number of rotatable bonds is 2. The van der Waals surface area contributed by atoms with Gasteiger partial charge in [0.25, 0.3) is 0 Å². The summed E-state index contributed by atoms with van der Waals surface area (Å²) in [7, 11) is 0. The summed E-state index contributed by atoms with van der Waals surface area (Å²) in [6.07, 6.45) is 3.98. The Hall–Kier alpha value is -2.42. The van der Waals surface area contributed by atoms with E-state index in [0.29, 0.717) is 5.92 Å². The lowest BCUT2D eigenvalue weighted by molar-refractivity contribution is 0.569. The van der Waals surface area contributed by atoms with Crippen molar-refractivity contribution in [1.29, 1.82) is 21.2 Å². The third kappa shape index (κ3) is 1.88. The molecule has 4 nitrogen and oxygen atoms in total. The average Bonchev–Trinajstić information content (AvgIpc) is 3.21. The van der Waals surface area contributed by atoms with Crippen LogP contribution in [0.1, 0.15) is 23.6 Å². The van der Waals surface area contributed by atoms with Gasteiger partial charge in [-0.2, -0.15) is 15.8 Å². The fourth-order valence-corrected chi connectivity index (χ4v) is 3.81. The zero-order chi connectivity index (χ0) is 15.0. The van der Waals surface area contributed by atoms with E-state index in [1.807, 2.05) is 35.7 Å². The lowest BCUT2D eigenvalue weighted by Crippen LogP contribution is -2.42. The fourth-order valence-electron chi connectivity index (χ4n) is 2.95. The Balaban J connectivity index is 2.21. The van der Waals surface area contributed by atoms with Crippen LogP contribution in [0, 0.1) is 56.7 Å². The molecule has 1 aromatic heterocycles. The van der Waals surface area contributed by atoms with E-state index < -0.39 is 17.3 Å². The van der Waals surface area contributed by atoms with Gasteiger partial charge in [0.15, 0.2) is 5.41 Å². The first-order chi connectivity index (χ1) is 10.2. The second kappa shape index (κ2) is 4.85. The van der Waals surface area contributed by atoms with Gasteiger partial charge >= 0.3 is 0 Å². The Bertz CT molecular complexity index is 721. The molecule has 0 aromatic carbocycles. The van der Waals surface area contributed by atoms with Gasteiger partial charge in [-0.3, -0.25) is 0 Å². The predicted molar refractivity (Wildman–Crippen MR) is 78.4 cm³/mol. The quantitative estimate of drug-likeness (QED) is 0.846. The molecule has 0 radical (unpaired) electrons. The van der Waals surface area contributed by atoms with Gasteiger partial charge in [0.05, 0.1) is 23.9 Å². The van der Waals surface area contributed by atoms with Crippen LogP contribution in [0.3, 0.4) is 0 Å². The lowest BCUT2D eigenvalue weighted by atomic mass is 9.63. The molecule has 1 N–H and O–H groups in total. The molecule has 2 aliphatic carbocycles. The number of allylic oxidation sites excluding steroid dienone is 2. The SMILES string of the molecule is N#C[C@@H]1C(=N)C(C#N)(C#N)[C@H](c2cccs2)C=C1C1CC1. The summed E-state index contributed by atoms with van der Waals surface area (Å²) in [5.41, 5.74) is -0.691. The standard InChI is InChI=1S/C16H12N4S/c17-7-12-11(10-3-4-10)6-13(14-2-1-5-21-14)16(8-18,9-19)15(12)20/h1-2,5-6,10,12-13,20H,3-4H2/t12-,13-/m0/s1. The Morgan fingerprint density at radius 3 is 2.43 bits per heavy atom. The van der Waals surface area contributed by atoms with Gasteiger partial charge < -0.3 is 5.41 Å². The highest BCUT2D eigenvalue weighted by molar-refractivity contribution is 7.10. The first-order valence-electron chi connectivity index (χ1n) is 6.74. The van der Waals surface area contributed by atoms with E-state index in [2.05, 4.69) is 6.07 Å². The predicted octanol–water partition coefficient (Wildman–Crippen LogP) is 3.37. The molecule has 0 amide bonds. The van der Waals surface area contributed by atoms with E-state index in [0.717, 1.165) is 23.3 Å². The summed E-state index contributed by atoms with van der Waals surface area (Å²) in [5.74, 6) is -0.832. The molecule has 0 saturated heterocycles. The summed E-state index contributed by atoms with van der Waals surface area (Å²) in [5, 5.41) is 38.8. The third-order valence-corrected chi connectivity index (χ3v) is 5.21. The first kappa shape index (κ1) is 13.6. The van der Waals surface area contributed by atoms with Gasteiger partial charge in [0.1, 0.15) is 5.92 Å². The highest BCUT2D eigenvalue weighted by Crippen LogP contribution is 2.51. The Morgan fingerprint density at radius 2 is 1.95 bits per heavy atom. The molecule has 1 fully saturated rings. The zero-order valence-electron chi connectivity index (χ0n) is 11.2. The van der Waals surface area contributed by atoms with Crippen LogP contribution in [0.25, 0.3) is 0 Å². The van der Waals surface area contributed by atoms with Crippen molar-refractivity contribution in [2.24, 2.45) is 17.3 Å². The largest absolute Gasteiger partial charge is 0.305 e. The van der Waals surface area contributed by atoms with E-state index in [4.69, 9.17) is 5.41 Å². The van der Waals surface area contributed by atoms with Crippen molar-refractivity contribution >= 4 is 17.0 Å². The molecule has 102 valence electrons. The normalized spacial score (nSPS) is 27.1. The third-order valence-electron chi connectivity index (χ3n) is 4.25. The minimum absolute atomic E-state index is 0.0576. The maximum absolute atomic E-state index is 9.59. The van der Waals surface area contributed by atoms with Crippen LogP contribution in [0.4, 0.5) is 0 Å². The average molecular weight is 292 g/mol. The lowest BCUT2D eigenvalue weighted by Gasteiger charge is -2.35. The molecule has 2 aliphatic rings. The molecular weight excluding hydrogens is 280 g/mol. The molecule has 0 spiro atoms. The molecule has 1 aromatic rings. The molecule has 3 rings (SSSR count). The molecule has 0 unspecified atom stereocenters. The van der Waals surface area contributed by atoms with Crippen LogP contribution in [0.2, 0.25) is 0 Å². The minimum Gasteiger partial charge on any atom is -0.305 e. The summed E-state index contributed by atoms with van der Waals surface area (Å²) < 4.78 is 0. The number of nitrogens with one attached hydrogen (secondary N) is 1. The van der Waals surface area contributed by atoms with E-state index >= 15 is 0 Å². The molecule has 1 saturated carbocycles. The van der Waals surface area contributed by atoms with Gasteiger partial charge in [0, 0.05) is 10.8 Å². The number of nitriles is 3. The topological polar surface area (TPSA) is 95.2 Å². The van der Waals surface area contributed by atoms with Crippen molar-refractivity contribution in [2.45, 2.75) is 18.8 Å². The summed E-state index contributed by atoms with van der Waals surface area (Å²) >= 11 is 1.48. The first-order valence-corrected chi connectivity index (χ1v) is 7.62. The molecule has 1 heterocycles. The van der Waals surface area contributed by atoms with Gasteiger partial charge in [-0.15, -0.1) is 11.3 Å². The van der Waals surface area contributed by atoms with Crippen LogP contribution in [-0.2, 0) is 0 Å². The molecule has 2 atom stereocenters. The molecular formula is C16H12N4S. The number of nitrogens with zero attached hydrogens (tertiary/aromatic N) is 3. The van der Waals surface area contributed by atoms with Crippen molar-refractivity contribution in [1.82, 2.24) is 0 Å².